The molecule has 0 bridgehead atoms. The van der Waals surface area contributed by atoms with Gasteiger partial charge in [0.25, 0.3) is 5.91 Å². The summed E-state index contributed by atoms with van der Waals surface area (Å²) in [7, 11) is 0. The number of carbonyl (C=O) groups excluding carboxylic acids is 1. The molecule has 2 saturated heterocycles. The molecule has 0 spiro atoms. The normalized spacial score (nSPS) is 21.6. The van der Waals surface area contributed by atoms with Gasteiger partial charge >= 0.3 is 0 Å². The molecule has 6 nitrogen and oxygen atoms in total. The lowest BCUT2D eigenvalue weighted by Gasteiger charge is -2.40. The molecule has 1 aromatic rings. The van der Waals surface area contributed by atoms with Crippen molar-refractivity contribution >= 4 is 5.91 Å². The fourth-order valence-electron chi connectivity index (χ4n) is 3.38. The Labute approximate surface area is 131 Å². The summed E-state index contributed by atoms with van der Waals surface area (Å²) >= 11 is 0. The van der Waals surface area contributed by atoms with Crippen molar-refractivity contribution in [2.45, 2.75) is 25.7 Å². The van der Waals surface area contributed by atoms with E-state index in [1.54, 1.807) is 12.4 Å². The maximum atomic E-state index is 12.2. The van der Waals surface area contributed by atoms with Crippen LogP contribution in [0.5, 0.6) is 0 Å². The molecule has 1 amide bonds. The summed E-state index contributed by atoms with van der Waals surface area (Å²) in [6.07, 6.45) is 9.21. The van der Waals surface area contributed by atoms with Gasteiger partial charge in [0.15, 0.2) is 0 Å². The lowest BCUT2D eigenvalue weighted by atomic mass is 9.79. The molecule has 0 aromatic carbocycles. The van der Waals surface area contributed by atoms with Crippen LogP contribution >= 0.6 is 0 Å². The molecule has 3 heterocycles. The maximum Gasteiger partial charge on any atom is 0.271 e. The molecule has 3 rings (SSSR count). The third kappa shape index (κ3) is 3.81. The standard InChI is InChI=1S/C16H24N4O2/c21-15(14-11-17-5-6-18-14)19-12-16(3-9-22-10-4-16)13-20-7-1-2-8-20/h5-6,11H,1-4,7-10,12-13H2,(H,19,21). The Balaban J connectivity index is 1.61. The smallest absolute Gasteiger partial charge is 0.271 e. The first-order chi connectivity index (χ1) is 10.8. The van der Waals surface area contributed by atoms with Crippen molar-refractivity contribution in [3.8, 4) is 0 Å². The third-order valence-electron chi connectivity index (χ3n) is 4.73. The summed E-state index contributed by atoms with van der Waals surface area (Å²) in [5.74, 6) is -0.139. The quantitative estimate of drug-likeness (QED) is 0.882. The van der Waals surface area contributed by atoms with E-state index < -0.39 is 0 Å². The second-order valence-corrected chi connectivity index (χ2v) is 6.37. The van der Waals surface area contributed by atoms with Gasteiger partial charge in [0.2, 0.25) is 0 Å². The SMILES string of the molecule is O=C(NCC1(CN2CCCC2)CCOCC1)c1cnccn1. The van der Waals surface area contributed by atoms with E-state index in [9.17, 15) is 4.79 Å². The zero-order chi connectivity index (χ0) is 15.3. The van der Waals surface area contributed by atoms with Gasteiger partial charge in [-0.1, -0.05) is 0 Å². The summed E-state index contributed by atoms with van der Waals surface area (Å²) in [6, 6.07) is 0. The van der Waals surface area contributed by atoms with Crippen molar-refractivity contribution in [2.24, 2.45) is 5.41 Å². The van der Waals surface area contributed by atoms with Crippen LogP contribution in [0.4, 0.5) is 0 Å². The summed E-state index contributed by atoms with van der Waals surface area (Å²) in [4.78, 5) is 22.7. The highest BCUT2D eigenvalue weighted by molar-refractivity contribution is 5.91. The van der Waals surface area contributed by atoms with E-state index >= 15 is 0 Å². The number of aromatic nitrogens is 2. The van der Waals surface area contributed by atoms with Crippen LogP contribution in [0.3, 0.4) is 0 Å². The van der Waals surface area contributed by atoms with Crippen LogP contribution < -0.4 is 5.32 Å². The lowest BCUT2D eigenvalue weighted by molar-refractivity contribution is -0.000655. The number of hydrogen-bond acceptors (Lipinski definition) is 5. The van der Waals surface area contributed by atoms with Gasteiger partial charge in [-0.15, -0.1) is 0 Å². The van der Waals surface area contributed by atoms with E-state index in [1.807, 2.05) is 0 Å². The average Bonchev–Trinajstić information content (AvgIpc) is 3.07. The number of nitrogens with zero attached hydrogens (tertiary/aromatic N) is 3. The molecule has 0 radical (unpaired) electrons. The highest BCUT2D eigenvalue weighted by Crippen LogP contribution is 2.32. The molecule has 2 fully saturated rings. The highest BCUT2D eigenvalue weighted by atomic mass is 16.5. The summed E-state index contributed by atoms with van der Waals surface area (Å²) in [5, 5.41) is 3.06. The highest BCUT2D eigenvalue weighted by Gasteiger charge is 2.35. The van der Waals surface area contributed by atoms with Crippen molar-refractivity contribution in [3.63, 3.8) is 0 Å². The molecule has 2 aliphatic rings. The molecule has 0 aliphatic carbocycles. The largest absolute Gasteiger partial charge is 0.381 e. The number of ether oxygens (including phenoxy) is 1. The first kappa shape index (κ1) is 15.4. The van der Waals surface area contributed by atoms with Gasteiger partial charge in [-0.2, -0.15) is 0 Å². The molecule has 0 saturated carbocycles. The molecular weight excluding hydrogens is 280 g/mol. The average molecular weight is 304 g/mol. The number of nitrogens with one attached hydrogen (secondary N) is 1. The zero-order valence-corrected chi connectivity index (χ0v) is 13.0. The predicted octanol–water partition coefficient (Wildman–Crippen LogP) is 1.10. The van der Waals surface area contributed by atoms with Crippen molar-refractivity contribution in [3.05, 3.63) is 24.3 Å². The first-order valence-electron chi connectivity index (χ1n) is 8.12. The van der Waals surface area contributed by atoms with Crippen LogP contribution in [0.2, 0.25) is 0 Å². The predicted molar refractivity (Wildman–Crippen MR) is 82.5 cm³/mol. The summed E-state index contributed by atoms with van der Waals surface area (Å²) in [5.41, 5.74) is 0.506. The van der Waals surface area contributed by atoms with Gasteiger partial charge in [-0.25, -0.2) is 4.98 Å². The van der Waals surface area contributed by atoms with E-state index in [0.29, 0.717) is 12.2 Å². The van der Waals surface area contributed by atoms with Gasteiger partial charge in [0.1, 0.15) is 5.69 Å². The molecule has 120 valence electrons. The zero-order valence-electron chi connectivity index (χ0n) is 13.0. The number of likely N-dealkylation sites (tertiary alicyclic amines) is 1. The Bertz CT molecular complexity index is 482. The molecule has 0 unspecified atom stereocenters. The molecule has 1 N–H and O–H groups in total. The van der Waals surface area contributed by atoms with Crippen LogP contribution in [0, 0.1) is 5.41 Å². The van der Waals surface area contributed by atoms with Crippen LogP contribution in [0.15, 0.2) is 18.6 Å². The molecule has 6 heteroatoms. The van der Waals surface area contributed by atoms with Crippen molar-refractivity contribution in [1.82, 2.24) is 20.2 Å². The number of hydrogen-bond donors (Lipinski definition) is 1. The molecule has 2 aliphatic heterocycles. The van der Waals surface area contributed by atoms with Gasteiger partial charge < -0.3 is 15.0 Å². The van der Waals surface area contributed by atoms with Gasteiger partial charge in [0, 0.05) is 44.1 Å². The van der Waals surface area contributed by atoms with Crippen molar-refractivity contribution < 1.29 is 9.53 Å². The monoisotopic (exact) mass is 304 g/mol. The fourth-order valence-corrected chi connectivity index (χ4v) is 3.38. The van der Waals surface area contributed by atoms with Crippen LogP contribution in [-0.2, 0) is 4.74 Å². The Morgan fingerprint density at radius 2 is 2.05 bits per heavy atom. The summed E-state index contributed by atoms with van der Waals surface area (Å²) < 4.78 is 5.53. The molecular formula is C16H24N4O2. The van der Waals surface area contributed by atoms with Crippen LogP contribution in [-0.4, -0.2) is 60.2 Å². The Morgan fingerprint density at radius 3 is 2.73 bits per heavy atom. The second-order valence-electron chi connectivity index (χ2n) is 6.37. The Hall–Kier alpha value is -1.53. The summed E-state index contributed by atoms with van der Waals surface area (Å²) in [6.45, 7) is 5.67. The first-order valence-corrected chi connectivity index (χ1v) is 8.12. The van der Waals surface area contributed by atoms with E-state index in [4.69, 9.17) is 4.74 Å². The Morgan fingerprint density at radius 1 is 1.27 bits per heavy atom. The second kappa shape index (κ2) is 7.15. The van der Waals surface area contributed by atoms with Crippen molar-refractivity contribution in [2.75, 3.05) is 39.4 Å². The number of carbonyl (C=O) groups is 1. The number of amides is 1. The van der Waals surface area contributed by atoms with Gasteiger partial charge in [-0.05, 0) is 38.8 Å². The van der Waals surface area contributed by atoms with E-state index in [0.717, 1.165) is 32.6 Å². The van der Waals surface area contributed by atoms with E-state index in [-0.39, 0.29) is 11.3 Å². The van der Waals surface area contributed by atoms with E-state index in [2.05, 4.69) is 20.2 Å². The topological polar surface area (TPSA) is 67.4 Å². The van der Waals surface area contributed by atoms with Crippen LogP contribution in [0.25, 0.3) is 0 Å². The minimum absolute atomic E-state index is 0.125. The fraction of sp³-hybridized carbons (Fsp3) is 0.688. The van der Waals surface area contributed by atoms with Gasteiger partial charge in [0.05, 0.1) is 6.20 Å². The van der Waals surface area contributed by atoms with Gasteiger partial charge in [-0.3, -0.25) is 9.78 Å². The maximum absolute atomic E-state index is 12.2. The molecule has 22 heavy (non-hydrogen) atoms. The minimum atomic E-state index is -0.139. The van der Waals surface area contributed by atoms with Crippen molar-refractivity contribution in [1.29, 1.82) is 0 Å². The lowest BCUT2D eigenvalue weighted by Crippen LogP contribution is -2.48. The third-order valence-corrected chi connectivity index (χ3v) is 4.73. The Kier molecular flexibility index (Phi) is 5.00. The number of rotatable bonds is 5. The van der Waals surface area contributed by atoms with Crippen LogP contribution in [0.1, 0.15) is 36.2 Å². The minimum Gasteiger partial charge on any atom is -0.381 e. The molecule has 1 aromatic heterocycles. The molecule has 0 atom stereocenters. The van der Waals surface area contributed by atoms with E-state index in [1.165, 1.54) is 32.1 Å².